The van der Waals surface area contributed by atoms with Gasteiger partial charge in [-0.2, -0.15) is 0 Å². The Morgan fingerprint density at radius 1 is 1.12 bits per heavy atom. The highest BCUT2D eigenvalue weighted by molar-refractivity contribution is 6.38. The summed E-state index contributed by atoms with van der Waals surface area (Å²) >= 11 is 13.0. The van der Waals surface area contributed by atoms with E-state index in [2.05, 4.69) is 27.3 Å². The molecule has 0 atom stereocenters. The van der Waals surface area contributed by atoms with Crippen LogP contribution in [-0.4, -0.2) is 36.2 Å². The van der Waals surface area contributed by atoms with E-state index in [1.54, 1.807) is 23.0 Å². The van der Waals surface area contributed by atoms with E-state index < -0.39 is 5.97 Å². The molecule has 1 N–H and O–H groups in total. The first-order valence-electron chi connectivity index (χ1n) is 13.7. The molecule has 4 fully saturated rings. The number of carboxylic acids is 1. The predicted molar refractivity (Wildman–Crippen MR) is 151 cm³/mol. The van der Waals surface area contributed by atoms with Crippen LogP contribution in [0.4, 0.5) is 0 Å². The molecule has 8 nitrogen and oxygen atoms in total. The summed E-state index contributed by atoms with van der Waals surface area (Å²) in [5, 5.41) is 14.6. The third kappa shape index (κ3) is 4.52. The van der Waals surface area contributed by atoms with Gasteiger partial charge in [0.25, 0.3) is 0 Å². The molecule has 4 aromatic rings. The smallest absolute Gasteiger partial charge is 0.354 e. The first-order valence-corrected chi connectivity index (χ1v) is 14.4. The number of rotatable bonds is 8. The zero-order chi connectivity index (χ0) is 27.5. The van der Waals surface area contributed by atoms with Gasteiger partial charge in [-0.3, -0.25) is 9.38 Å². The van der Waals surface area contributed by atoms with E-state index in [0.717, 1.165) is 68.3 Å². The molecular formula is C30H28Cl2N4O4. The first-order chi connectivity index (χ1) is 19.4. The molecule has 2 bridgehead atoms. The quantitative estimate of drug-likeness (QED) is 0.229. The molecule has 0 aromatic carbocycles. The van der Waals surface area contributed by atoms with Gasteiger partial charge in [0.1, 0.15) is 17.1 Å². The average Bonchev–Trinajstić information content (AvgIpc) is 3.58. The maximum atomic E-state index is 11.4. The second kappa shape index (κ2) is 9.72. The topological polar surface area (TPSA) is 103 Å². The number of ether oxygens (including phenoxy) is 1. The van der Waals surface area contributed by atoms with Crippen molar-refractivity contribution in [2.45, 2.75) is 69.5 Å². The fourth-order valence-electron chi connectivity index (χ4n) is 6.37. The summed E-state index contributed by atoms with van der Waals surface area (Å²) in [6.45, 7) is 0.422. The molecule has 40 heavy (non-hydrogen) atoms. The van der Waals surface area contributed by atoms with Crippen LogP contribution in [0, 0.1) is 5.41 Å². The summed E-state index contributed by atoms with van der Waals surface area (Å²) in [6, 6.07) is 3.86. The van der Waals surface area contributed by atoms with Gasteiger partial charge >= 0.3 is 5.97 Å². The monoisotopic (exact) mass is 578 g/mol. The van der Waals surface area contributed by atoms with Gasteiger partial charge in [-0.05, 0) is 74.5 Å². The largest absolute Gasteiger partial charge is 0.477 e. The van der Waals surface area contributed by atoms with Crippen molar-refractivity contribution >= 4 is 40.9 Å². The standard InChI is InChI=1S/C30H28Cl2N4O4/c31-21-14-33-15-22(32)25(21)26-20(27(40-35-26)19-1-2-19)17-39-30-9-6-29(7-10-30,8-11-30)5-3-18-4-12-36-23(28(37)38)16-34-24(36)13-18/h3-5,12-16,19H,1-2,6-11,17H2,(H,37,38). The highest BCUT2D eigenvalue weighted by atomic mass is 35.5. The minimum Gasteiger partial charge on any atom is -0.477 e. The van der Waals surface area contributed by atoms with E-state index >= 15 is 0 Å². The molecular weight excluding hydrogens is 551 g/mol. The molecule has 4 aliphatic rings. The number of hydrogen-bond donors (Lipinski definition) is 1. The molecule has 0 spiro atoms. The van der Waals surface area contributed by atoms with Crippen molar-refractivity contribution in [3.8, 4) is 11.3 Å². The van der Waals surface area contributed by atoms with Crippen LogP contribution in [0.1, 0.15) is 84.7 Å². The number of halogens is 2. The number of aromatic nitrogens is 4. The Morgan fingerprint density at radius 3 is 2.52 bits per heavy atom. The summed E-state index contributed by atoms with van der Waals surface area (Å²) in [5.74, 6) is 0.284. The highest BCUT2D eigenvalue weighted by Crippen LogP contribution is 2.55. The fraction of sp³-hybridized carbons (Fsp3) is 0.400. The number of allylic oxidation sites excluding steroid dienone is 1. The lowest BCUT2D eigenvalue weighted by Crippen LogP contribution is -2.46. The summed E-state index contributed by atoms with van der Waals surface area (Å²) in [4.78, 5) is 19.7. The Hall–Kier alpha value is -3.20. The SMILES string of the molecule is O=C(O)c1cnc2cc(C=CC34CCC(OCc5c(-c6c(Cl)cncc6Cl)noc5C5CC5)(CC3)CC4)ccn12. The van der Waals surface area contributed by atoms with Crippen molar-refractivity contribution < 1.29 is 19.2 Å². The lowest BCUT2D eigenvalue weighted by molar-refractivity contribution is -0.133. The summed E-state index contributed by atoms with van der Waals surface area (Å²) in [6.07, 6.45) is 19.2. The third-order valence-electron chi connectivity index (χ3n) is 9.00. The number of aromatic carboxylic acids is 1. The number of fused-ring (bicyclic) bond motifs is 4. The van der Waals surface area contributed by atoms with E-state index in [9.17, 15) is 9.90 Å². The molecule has 0 unspecified atom stereocenters. The lowest BCUT2D eigenvalue weighted by Gasteiger charge is -2.52. The van der Waals surface area contributed by atoms with Crippen LogP contribution in [0.2, 0.25) is 10.0 Å². The molecule has 0 amide bonds. The minimum atomic E-state index is -0.987. The Labute approximate surface area is 241 Å². The van der Waals surface area contributed by atoms with Crippen molar-refractivity contribution in [1.29, 1.82) is 0 Å². The molecule has 4 aromatic heterocycles. The minimum absolute atomic E-state index is 0.151. The summed E-state index contributed by atoms with van der Waals surface area (Å²) in [5.41, 5.74) is 4.06. The van der Waals surface area contributed by atoms with Crippen molar-refractivity contribution in [2.24, 2.45) is 5.41 Å². The maximum Gasteiger partial charge on any atom is 0.354 e. The zero-order valence-corrected chi connectivity index (χ0v) is 23.3. The van der Waals surface area contributed by atoms with Gasteiger partial charge < -0.3 is 14.4 Å². The molecule has 206 valence electrons. The molecule has 10 heteroatoms. The fourth-order valence-corrected chi connectivity index (χ4v) is 6.91. The maximum absolute atomic E-state index is 11.4. The molecule has 0 aliphatic heterocycles. The number of hydrogen-bond acceptors (Lipinski definition) is 6. The first kappa shape index (κ1) is 25.7. The molecule has 0 saturated heterocycles. The average molecular weight is 579 g/mol. The van der Waals surface area contributed by atoms with Crippen LogP contribution in [0.5, 0.6) is 0 Å². The van der Waals surface area contributed by atoms with Gasteiger partial charge in [0.2, 0.25) is 0 Å². The zero-order valence-electron chi connectivity index (χ0n) is 21.8. The van der Waals surface area contributed by atoms with Gasteiger partial charge in [0.05, 0.1) is 28.5 Å². The summed E-state index contributed by atoms with van der Waals surface area (Å²) < 4.78 is 14.2. The van der Waals surface area contributed by atoms with Crippen LogP contribution >= 0.6 is 23.2 Å². The number of pyridine rings is 2. The molecule has 8 rings (SSSR count). The van der Waals surface area contributed by atoms with E-state index in [1.165, 1.54) is 6.20 Å². The third-order valence-corrected chi connectivity index (χ3v) is 9.57. The van der Waals surface area contributed by atoms with E-state index in [-0.39, 0.29) is 16.7 Å². The van der Waals surface area contributed by atoms with Gasteiger partial charge in [0.15, 0.2) is 5.69 Å². The van der Waals surface area contributed by atoms with Crippen molar-refractivity contribution in [1.82, 2.24) is 19.5 Å². The molecule has 4 aliphatic carbocycles. The van der Waals surface area contributed by atoms with Crippen molar-refractivity contribution in [3.05, 3.63) is 75.6 Å². The molecule has 0 radical (unpaired) electrons. The van der Waals surface area contributed by atoms with Crippen LogP contribution < -0.4 is 0 Å². The van der Waals surface area contributed by atoms with Crippen molar-refractivity contribution in [3.63, 3.8) is 0 Å². The van der Waals surface area contributed by atoms with E-state index in [1.807, 2.05) is 12.1 Å². The van der Waals surface area contributed by atoms with Crippen molar-refractivity contribution in [2.75, 3.05) is 0 Å². The second-order valence-corrected chi connectivity index (χ2v) is 12.2. The van der Waals surface area contributed by atoms with E-state index in [0.29, 0.717) is 39.5 Å². The Balaban J connectivity index is 1.06. The van der Waals surface area contributed by atoms with Gasteiger partial charge in [0, 0.05) is 35.6 Å². The van der Waals surface area contributed by atoms with Gasteiger partial charge in [-0.25, -0.2) is 9.78 Å². The van der Waals surface area contributed by atoms with Crippen LogP contribution in [0.3, 0.4) is 0 Å². The van der Waals surface area contributed by atoms with Crippen LogP contribution in [-0.2, 0) is 11.3 Å². The number of carboxylic acid groups (broad SMARTS) is 1. The predicted octanol–water partition coefficient (Wildman–Crippen LogP) is 7.59. The van der Waals surface area contributed by atoms with Crippen LogP contribution in [0.25, 0.3) is 23.0 Å². The van der Waals surface area contributed by atoms with E-state index in [4.69, 9.17) is 32.5 Å². The number of nitrogens with zero attached hydrogens (tertiary/aromatic N) is 4. The lowest BCUT2D eigenvalue weighted by atomic mass is 9.58. The normalized spacial score (nSPS) is 24.4. The Morgan fingerprint density at radius 2 is 1.85 bits per heavy atom. The Bertz CT molecular complexity index is 1610. The van der Waals surface area contributed by atoms with Crippen LogP contribution in [0.15, 0.2) is 47.5 Å². The van der Waals surface area contributed by atoms with Gasteiger partial charge in [-0.15, -0.1) is 0 Å². The summed E-state index contributed by atoms with van der Waals surface area (Å²) in [7, 11) is 0. The number of imidazole rings is 1. The Kier molecular flexibility index (Phi) is 6.25. The second-order valence-electron chi connectivity index (χ2n) is 11.4. The highest BCUT2D eigenvalue weighted by Gasteiger charge is 2.48. The molecule has 4 saturated carbocycles. The molecule has 4 heterocycles. The van der Waals surface area contributed by atoms with Gasteiger partial charge in [-0.1, -0.05) is 40.5 Å². The number of carbonyl (C=O) groups is 1.